The Bertz CT molecular complexity index is 702. The summed E-state index contributed by atoms with van der Waals surface area (Å²) in [6, 6.07) is 3.37. The first-order valence-electron chi connectivity index (χ1n) is 5.82. The minimum Gasteiger partial charge on any atom is -0.454 e. The van der Waals surface area contributed by atoms with Crippen molar-refractivity contribution in [1.29, 1.82) is 0 Å². The molecular formula is C11H11ClN5O4+. The quantitative estimate of drug-likeness (QED) is 0.471. The van der Waals surface area contributed by atoms with Crippen molar-refractivity contribution in [3.8, 4) is 11.5 Å². The molecule has 21 heavy (non-hydrogen) atoms. The normalized spacial score (nSPS) is 13.5. The highest BCUT2D eigenvalue weighted by Gasteiger charge is 2.19. The Morgan fingerprint density at radius 3 is 2.90 bits per heavy atom. The second-order valence-corrected chi connectivity index (χ2v) is 4.50. The highest BCUT2D eigenvalue weighted by Crippen LogP contribution is 2.36. The molecule has 1 aromatic carbocycles. The lowest BCUT2D eigenvalue weighted by molar-refractivity contribution is -0.610. The van der Waals surface area contributed by atoms with Crippen molar-refractivity contribution >= 4 is 23.3 Å². The van der Waals surface area contributed by atoms with Crippen LogP contribution in [0.1, 0.15) is 11.3 Å². The van der Waals surface area contributed by atoms with E-state index in [1.54, 1.807) is 12.1 Å². The number of aromatic nitrogens is 2. The molecule has 9 nitrogen and oxygen atoms in total. The van der Waals surface area contributed by atoms with E-state index in [0.29, 0.717) is 22.1 Å². The van der Waals surface area contributed by atoms with E-state index in [9.17, 15) is 0 Å². The Kier molecular flexibility index (Phi) is 3.40. The van der Waals surface area contributed by atoms with Crippen LogP contribution in [0.2, 0.25) is 5.02 Å². The smallest absolute Gasteiger partial charge is 0.303 e. The van der Waals surface area contributed by atoms with Gasteiger partial charge in [-0.25, -0.2) is 0 Å². The average molecular weight is 313 g/mol. The molecule has 0 saturated carbocycles. The third-order valence-corrected chi connectivity index (χ3v) is 3.07. The number of nitrogen functional groups attached to an aromatic ring is 1. The van der Waals surface area contributed by atoms with E-state index in [2.05, 4.69) is 20.1 Å². The van der Waals surface area contributed by atoms with Gasteiger partial charge in [0, 0.05) is 11.6 Å². The van der Waals surface area contributed by atoms with Gasteiger partial charge in [-0.3, -0.25) is 0 Å². The fraction of sp³-hybridized carbons (Fsp3) is 0.182. The van der Waals surface area contributed by atoms with Gasteiger partial charge in [0.25, 0.3) is 0 Å². The third-order valence-electron chi connectivity index (χ3n) is 2.71. The van der Waals surface area contributed by atoms with Crippen LogP contribution in [0, 0.1) is 0 Å². The Balaban J connectivity index is 1.70. The number of nitrogens with two attached hydrogens (primary N) is 2. The van der Waals surface area contributed by atoms with E-state index >= 15 is 0 Å². The topological polar surface area (TPSA) is 132 Å². The lowest BCUT2D eigenvalue weighted by atomic mass is 10.2. The highest BCUT2D eigenvalue weighted by atomic mass is 35.5. The standard InChI is InChI=1S/C11H10ClN5O4/c12-6-2-8-7(18-4-19-8)1-5(6)3-20-16-10(13)9-11(14)17-21-15-9/h1-2H,3-4H2,(H2,13,16)(H2,14,17)/p+1. The van der Waals surface area contributed by atoms with Crippen molar-refractivity contribution in [3.05, 3.63) is 28.4 Å². The van der Waals surface area contributed by atoms with E-state index in [1.165, 1.54) is 0 Å². The summed E-state index contributed by atoms with van der Waals surface area (Å²) in [6.07, 6.45) is 0. The molecule has 1 aliphatic heterocycles. The van der Waals surface area contributed by atoms with Crippen LogP contribution in [0.25, 0.3) is 0 Å². The molecular weight excluding hydrogens is 302 g/mol. The number of halogens is 1. The summed E-state index contributed by atoms with van der Waals surface area (Å²) in [5.74, 6) is 1.33. The van der Waals surface area contributed by atoms with Crippen LogP contribution in [-0.4, -0.2) is 17.8 Å². The number of aromatic amines is 1. The molecule has 0 amide bonds. The van der Waals surface area contributed by atoms with Gasteiger partial charge >= 0.3 is 11.5 Å². The van der Waals surface area contributed by atoms with Crippen LogP contribution in [0.5, 0.6) is 11.5 Å². The molecule has 0 spiro atoms. The predicted molar refractivity (Wildman–Crippen MR) is 70.6 cm³/mol. The van der Waals surface area contributed by atoms with Gasteiger partial charge in [-0.1, -0.05) is 21.9 Å². The summed E-state index contributed by atoms with van der Waals surface area (Å²) in [6.45, 7) is 0.265. The summed E-state index contributed by atoms with van der Waals surface area (Å²) >= 11 is 6.10. The largest absolute Gasteiger partial charge is 0.454 e. The van der Waals surface area contributed by atoms with Gasteiger partial charge in [0.1, 0.15) is 6.61 Å². The molecule has 0 saturated heterocycles. The summed E-state index contributed by atoms with van der Waals surface area (Å²) in [7, 11) is 0. The van der Waals surface area contributed by atoms with Crippen molar-refractivity contribution in [2.24, 2.45) is 10.9 Å². The second kappa shape index (κ2) is 5.37. The molecule has 0 fully saturated rings. The molecule has 0 unspecified atom stereocenters. The molecule has 10 heteroatoms. The summed E-state index contributed by atoms with van der Waals surface area (Å²) < 4.78 is 15.0. The van der Waals surface area contributed by atoms with E-state index in [4.69, 9.17) is 37.4 Å². The van der Waals surface area contributed by atoms with Crippen LogP contribution in [0.15, 0.2) is 21.9 Å². The zero-order valence-corrected chi connectivity index (χ0v) is 11.4. The maximum Gasteiger partial charge on any atom is 0.303 e. The minimum atomic E-state index is -0.0191. The maximum atomic E-state index is 6.10. The molecule has 1 aromatic heterocycles. The number of oxime groups is 1. The number of rotatable bonds is 4. The average Bonchev–Trinajstić information content (AvgIpc) is 3.07. The Morgan fingerprint density at radius 2 is 2.19 bits per heavy atom. The second-order valence-electron chi connectivity index (χ2n) is 4.09. The molecule has 110 valence electrons. The lowest BCUT2D eigenvalue weighted by Crippen LogP contribution is -2.18. The molecule has 2 aromatic rings. The summed E-state index contributed by atoms with van der Waals surface area (Å²) in [4.78, 5) is 5.13. The number of nitrogens with zero attached hydrogens (tertiary/aromatic N) is 2. The molecule has 0 aliphatic carbocycles. The fourth-order valence-corrected chi connectivity index (χ4v) is 1.89. The number of nitrogens with one attached hydrogen (secondary N) is 1. The number of amidine groups is 1. The Hall–Kier alpha value is -2.68. The van der Waals surface area contributed by atoms with Crippen LogP contribution >= 0.6 is 11.6 Å². The lowest BCUT2D eigenvalue weighted by Gasteiger charge is -2.05. The number of anilines is 1. The van der Waals surface area contributed by atoms with Gasteiger partial charge in [-0.15, -0.1) is 4.63 Å². The first-order chi connectivity index (χ1) is 10.1. The molecule has 3 rings (SSSR count). The predicted octanol–water partition coefficient (Wildman–Crippen LogP) is 0.290. The first kappa shape index (κ1) is 13.3. The zero-order valence-electron chi connectivity index (χ0n) is 10.6. The molecule has 0 atom stereocenters. The molecule has 0 bridgehead atoms. The van der Waals surface area contributed by atoms with E-state index in [0.717, 1.165) is 0 Å². The van der Waals surface area contributed by atoms with Gasteiger partial charge in [0.2, 0.25) is 12.6 Å². The van der Waals surface area contributed by atoms with Crippen molar-refractivity contribution in [1.82, 2.24) is 5.16 Å². The number of H-pyrrole nitrogens is 1. The van der Waals surface area contributed by atoms with Crippen molar-refractivity contribution in [2.75, 3.05) is 12.5 Å². The molecule has 5 N–H and O–H groups in total. The van der Waals surface area contributed by atoms with Crippen LogP contribution in [0.4, 0.5) is 5.82 Å². The van der Waals surface area contributed by atoms with Gasteiger partial charge < -0.3 is 25.8 Å². The number of hydrogen-bond acceptors (Lipinski definition) is 7. The minimum absolute atomic E-state index is 0.0191. The number of fused-ring (bicyclic) bond motifs is 1. The van der Waals surface area contributed by atoms with E-state index < -0.39 is 0 Å². The number of ether oxygens (including phenoxy) is 2. The van der Waals surface area contributed by atoms with Gasteiger partial charge in [-0.05, 0) is 6.07 Å². The maximum absolute atomic E-state index is 6.10. The van der Waals surface area contributed by atoms with Crippen molar-refractivity contribution in [2.45, 2.75) is 6.61 Å². The monoisotopic (exact) mass is 312 g/mol. The van der Waals surface area contributed by atoms with Gasteiger partial charge in [0.15, 0.2) is 11.5 Å². The van der Waals surface area contributed by atoms with Crippen LogP contribution in [0.3, 0.4) is 0 Å². The molecule has 1 aliphatic rings. The van der Waals surface area contributed by atoms with Crippen LogP contribution < -0.4 is 26.1 Å². The van der Waals surface area contributed by atoms with E-state index in [1.807, 2.05) is 0 Å². The molecule has 0 radical (unpaired) electrons. The van der Waals surface area contributed by atoms with Gasteiger partial charge in [0.05, 0.1) is 10.2 Å². The van der Waals surface area contributed by atoms with Gasteiger partial charge in [-0.2, -0.15) is 0 Å². The van der Waals surface area contributed by atoms with Crippen molar-refractivity contribution in [3.63, 3.8) is 0 Å². The SMILES string of the molecule is NC(=NOCc1cc2c(cc1Cl)OCO2)c1no[nH+]c1N. The highest BCUT2D eigenvalue weighted by molar-refractivity contribution is 6.31. The number of benzene rings is 1. The fourth-order valence-electron chi connectivity index (χ4n) is 1.68. The number of hydrogen-bond donors (Lipinski definition) is 2. The molecule has 2 heterocycles. The Labute approximate surface area is 123 Å². The third kappa shape index (κ3) is 2.63. The Morgan fingerprint density at radius 1 is 1.43 bits per heavy atom. The van der Waals surface area contributed by atoms with Crippen molar-refractivity contribution < 1.29 is 24.1 Å². The van der Waals surface area contributed by atoms with E-state index in [-0.39, 0.29) is 30.7 Å². The first-order valence-corrected chi connectivity index (χ1v) is 6.19. The summed E-state index contributed by atoms with van der Waals surface area (Å²) in [5.41, 5.74) is 12.0. The zero-order chi connectivity index (χ0) is 14.8. The van der Waals surface area contributed by atoms with Crippen LogP contribution in [-0.2, 0) is 11.4 Å². The summed E-state index contributed by atoms with van der Waals surface area (Å²) in [5, 5.41) is 10.0.